The molecule has 0 saturated carbocycles. The number of aromatic nitrogens is 1. The Morgan fingerprint density at radius 1 is 1.28 bits per heavy atom. The van der Waals surface area contributed by atoms with E-state index in [4.69, 9.17) is 5.73 Å². The van der Waals surface area contributed by atoms with E-state index in [-0.39, 0.29) is 11.4 Å². The molecule has 0 bridgehead atoms. The van der Waals surface area contributed by atoms with Gasteiger partial charge in [0.25, 0.3) is 0 Å². The number of hydrogen-bond acceptors (Lipinski definition) is 5. The summed E-state index contributed by atoms with van der Waals surface area (Å²) in [5.74, 6) is -0.321. The zero-order chi connectivity index (χ0) is 13.2. The number of anilines is 3. The van der Waals surface area contributed by atoms with Crippen molar-refractivity contribution in [1.29, 1.82) is 0 Å². The Bertz CT molecular complexity index is 541. The predicted octanol–water partition coefficient (Wildman–Crippen LogP) is 3.37. The summed E-state index contributed by atoms with van der Waals surface area (Å²) in [4.78, 5) is 3.89. The number of ether oxygens (including phenoxy) is 1. The van der Waals surface area contributed by atoms with Gasteiger partial charge in [0, 0.05) is 0 Å². The Morgan fingerprint density at radius 3 is 2.61 bits per heavy atom. The van der Waals surface area contributed by atoms with Gasteiger partial charge >= 0.3 is 6.36 Å². The molecule has 18 heavy (non-hydrogen) atoms. The maximum absolute atomic E-state index is 12.2. The molecule has 0 amide bonds. The average Bonchev–Trinajstić information content (AvgIpc) is 2.65. The minimum Gasteiger partial charge on any atom is -0.404 e. The van der Waals surface area contributed by atoms with Crippen molar-refractivity contribution in [3.05, 3.63) is 30.5 Å². The predicted molar refractivity (Wildman–Crippen MR) is 62.9 cm³/mol. The van der Waals surface area contributed by atoms with E-state index in [1.54, 1.807) is 6.07 Å². The van der Waals surface area contributed by atoms with Crippen molar-refractivity contribution in [2.24, 2.45) is 0 Å². The van der Waals surface area contributed by atoms with Gasteiger partial charge in [0.1, 0.15) is 5.00 Å². The summed E-state index contributed by atoms with van der Waals surface area (Å²) >= 11 is 1.13. The van der Waals surface area contributed by atoms with Crippen molar-refractivity contribution in [2.45, 2.75) is 6.36 Å². The van der Waals surface area contributed by atoms with Crippen LogP contribution in [0.15, 0.2) is 30.5 Å². The number of halogens is 3. The zero-order valence-corrected chi connectivity index (χ0v) is 9.68. The van der Waals surface area contributed by atoms with Crippen LogP contribution in [0.2, 0.25) is 0 Å². The van der Waals surface area contributed by atoms with E-state index in [0.29, 0.717) is 10.1 Å². The summed E-state index contributed by atoms with van der Waals surface area (Å²) in [6.07, 6.45) is -3.32. The molecular weight excluding hydrogens is 267 g/mol. The molecule has 8 heteroatoms. The Hall–Kier alpha value is -1.96. The van der Waals surface area contributed by atoms with Crippen molar-refractivity contribution in [3.8, 4) is 5.75 Å². The van der Waals surface area contributed by atoms with Crippen molar-refractivity contribution >= 4 is 27.2 Å². The number of nitrogen functional groups attached to an aromatic ring is 1. The number of nitrogens with one attached hydrogen (secondary N) is 1. The van der Waals surface area contributed by atoms with Gasteiger partial charge in [-0.3, -0.25) is 0 Å². The maximum Gasteiger partial charge on any atom is 0.573 e. The Labute approximate surface area is 104 Å². The number of hydrogen-bond donors (Lipinski definition) is 2. The molecule has 1 aromatic heterocycles. The maximum atomic E-state index is 12.2. The summed E-state index contributed by atoms with van der Waals surface area (Å²) in [6, 6.07) is 5.70. The second-order valence-electron chi connectivity index (χ2n) is 3.24. The zero-order valence-electron chi connectivity index (χ0n) is 8.86. The lowest BCUT2D eigenvalue weighted by molar-refractivity contribution is -0.274. The van der Waals surface area contributed by atoms with Gasteiger partial charge < -0.3 is 15.8 Å². The van der Waals surface area contributed by atoms with E-state index in [1.807, 2.05) is 0 Å². The molecule has 3 N–H and O–H groups in total. The number of thiazole rings is 1. The van der Waals surface area contributed by atoms with Crippen LogP contribution in [-0.4, -0.2) is 11.3 Å². The quantitative estimate of drug-likeness (QED) is 0.901. The summed E-state index contributed by atoms with van der Waals surface area (Å²) in [5.41, 5.74) is 5.65. The topological polar surface area (TPSA) is 60.2 Å². The number of benzene rings is 1. The van der Waals surface area contributed by atoms with Crippen molar-refractivity contribution in [1.82, 2.24) is 4.98 Å². The van der Waals surface area contributed by atoms with Crippen molar-refractivity contribution in [2.75, 3.05) is 11.1 Å². The number of nitrogens with two attached hydrogens (primary N) is 1. The molecule has 4 nitrogen and oxygen atoms in total. The van der Waals surface area contributed by atoms with Crippen LogP contribution in [0.3, 0.4) is 0 Å². The van der Waals surface area contributed by atoms with Gasteiger partial charge in [0.05, 0.1) is 11.9 Å². The summed E-state index contributed by atoms with van der Waals surface area (Å²) in [5, 5.41) is 3.58. The van der Waals surface area contributed by atoms with Gasteiger partial charge in [0.2, 0.25) is 0 Å². The van der Waals surface area contributed by atoms with E-state index in [0.717, 1.165) is 11.3 Å². The smallest absolute Gasteiger partial charge is 0.404 e. The molecule has 0 radical (unpaired) electrons. The molecule has 0 aliphatic carbocycles. The third-order valence-electron chi connectivity index (χ3n) is 1.88. The van der Waals surface area contributed by atoms with E-state index >= 15 is 0 Å². The van der Waals surface area contributed by atoms with Crippen LogP contribution < -0.4 is 15.8 Å². The number of para-hydroxylation sites is 2. The van der Waals surface area contributed by atoms with Crippen LogP contribution in [0.4, 0.5) is 29.0 Å². The molecule has 1 aromatic carbocycles. The minimum absolute atomic E-state index is 0.171. The van der Waals surface area contributed by atoms with Crippen LogP contribution in [-0.2, 0) is 0 Å². The number of rotatable bonds is 3. The third-order valence-corrected chi connectivity index (χ3v) is 2.62. The first-order chi connectivity index (χ1) is 8.44. The Balaban J connectivity index is 2.22. The molecule has 2 rings (SSSR count). The number of nitrogens with zero attached hydrogens (tertiary/aromatic N) is 1. The van der Waals surface area contributed by atoms with Gasteiger partial charge in [-0.15, -0.1) is 13.2 Å². The summed E-state index contributed by atoms with van der Waals surface area (Å²) < 4.78 is 40.4. The van der Waals surface area contributed by atoms with Crippen molar-refractivity contribution in [3.63, 3.8) is 0 Å². The molecule has 0 aliphatic rings. The summed E-state index contributed by atoms with van der Waals surface area (Å²) in [7, 11) is 0. The molecule has 0 atom stereocenters. The van der Waals surface area contributed by atoms with Gasteiger partial charge in [-0.25, -0.2) is 4.98 Å². The highest BCUT2D eigenvalue weighted by atomic mass is 32.1. The van der Waals surface area contributed by atoms with Gasteiger partial charge in [-0.1, -0.05) is 23.5 Å². The lowest BCUT2D eigenvalue weighted by Gasteiger charge is -2.13. The molecule has 1 heterocycles. The van der Waals surface area contributed by atoms with Gasteiger partial charge in [0.15, 0.2) is 10.9 Å². The first kappa shape index (κ1) is 12.5. The fourth-order valence-corrected chi connectivity index (χ4v) is 1.84. The molecular formula is C10H8F3N3OS. The van der Waals surface area contributed by atoms with E-state index in [1.165, 1.54) is 24.4 Å². The summed E-state index contributed by atoms with van der Waals surface area (Å²) in [6.45, 7) is 0. The molecule has 0 fully saturated rings. The normalized spacial score (nSPS) is 11.3. The minimum atomic E-state index is -4.74. The molecule has 2 aromatic rings. The molecule has 0 saturated heterocycles. The van der Waals surface area contributed by atoms with E-state index in [2.05, 4.69) is 15.0 Å². The van der Waals surface area contributed by atoms with Gasteiger partial charge in [-0.05, 0) is 12.1 Å². The van der Waals surface area contributed by atoms with Gasteiger partial charge in [-0.2, -0.15) is 0 Å². The molecule has 0 spiro atoms. The first-order valence-corrected chi connectivity index (χ1v) is 5.59. The fraction of sp³-hybridized carbons (Fsp3) is 0.100. The van der Waals surface area contributed by atoms with Crippen LogP contribution in [0.5, 0.6) is 5.75 Å². The molecule has 0 aliphatic heterocycles. The monoisotopic (exact) mass is 275 g/mol. The third kappa shape index (κ3) is 3.27. The lowest BCUT2D eigenvalue weighted by atomic mass is 10.3. The SMILES string of the molecule is Nc1cnc(Nc2ccccc2OC(F)(F)F)s1. The second kappa shape index (κ2) is 4.73. The Morgan fingerprint density at radius 2 is 2.00 bits per heavy atom. The van der Waals surface area contributed by atoms with Crippen molar-refractivity contribution < 1.29 is 17.9 Å². The van der Waals surface area contributed by atoms with Crippen LogP contribution in [0.1, 0.15) is 0 Å². The second-order valence-corrected chi connectivity index (χ2v) is 4.30. The highest BCUT2D eigenvalue weighted by Gasteiger charge is 2.32. The standard InChI is InChI=1S/C10H8F3N3OS/c11-10(12,13)17-7-4-2-1-3-6(7)16-9-15-5-8(14)18-9/h1-5H,14H2,(H,15,16). The highest BCUT2D eigenvalue weighted by molar-refractivity contribution is 7.19. The number of alkyl halides is 3. The lowest BCUT2D eigenvalue weighted by Crippen LogP contribution is -2.17. The van der Waals surface area contributed by atoms with Crippen LogP contribution in [0, 0.1) is 0 Å². The molecule has 0 unspecified atom stereocenters. The van der Waals surface area contributed by atoms with Crippen LogP contribution >= 0.6 is 11.3 Å². The highest BCUT2D eigenvalue weighted by Crippen LogP contribution is 2.33. The van der Waals surface area contributed by atoms with Crippen LogP contribution in [0.25, 0.3) is 0 Å². The Kier molecular flexibility index (Phi) is 3.28. The fourth-order valence-electron chi connectivity index (χ4n) is 1.24. The van der Waals surface area contributed by atoms with E-state index in [9.17, 15) is 13.2 Å². The average molecular weight is 275 g/mol. The largest absolute Gasteiger partial charge is 0.573 e. The molecule has 96 valence electrons. The van der Waals surface area contributed by atoms with E-state index < -0.39 is 6.36 Å². The first-order valence-electron chi connectivity index (χ1n) is 4.77.